The van der Waals surface area contributed by atoms with E-state index in [1.807, 2.05) is 0 Å². The van der Waals surface area contributed by atoms with Crippen LogP contribution >= 0.6 is 11.6 Å². The van der Waals surface area contributed by atoms with E-state index in [2.05, 4.69) is 10.6 Å². The Bertz CT molecular complexity index is 768. The van der Waals surface area contributed by atoms with E-state index >= 15 is 0 Å². The van der Waals surface area contributed by atoms with Crippen molar-refractivity contribution in [3.8, 4) is 0 Å². The van der Waals surface area contributed by atoms with Crippen LogP contribution in [-0.2, 0) is 16.0 Å². The normalized spacial score (nSPS) is 11.7. The van der Waals surface area contributed by atoms with Crippen molar-refractivity contribution in [2.75, 3.05) is 7.05 Å². The number of benzene rings is 2. The molecule has 7 heteroatoms. The van der Waals surface area contributed by atoms with Gasteiger partial charge in [-0.3, -0.25) is 9.59 Å². The molecule has 126 valence electrons. The first-order chi connectivity index (χ1) is 11.4. The molecule has 0 aliphatic rings. The lowest BCUT2D eigenvalue weighted by molar-refractivity contribution is -0.128. The van der Waals surface area contributed by atoms with Gasteiger partial charge in [-0.25, -0.2) is 8.78 Å². The summed E-state index contributed by atoms with van der Waals surface area (Å²) < 4.78 is 26.5. The smallest absolute Gasteiger partial charge is 0.246 e. The Morgan fingerprint density at radius 2 is 1.83 bits per heavy atom. The molecule has 2 amide bonds. The summed E-state index contributed by atoms with van der Waals surface area (Å²) in [5, 5.41) is 5.32. The molecular weight excluding hydrogens is 338 g/mol. The number of likely N-dealkylation sites (N-methyl/N-ethyl adjacent to an activating group) is 1. The number of hydrogen-bond acceptors (Lipinski definition) is 2. The average Bonchev–Trinajstić information content (AvgIpc) is 2.56. The van der Waals surface area contributed by atoms with Gasteiger partial charge >= 0.3 is 0 Å². The number of amides is 2. The minimum atomic E-state index is -1.14. The highest BCUT2D eigenvalue weighted by molar-refractivity contribution is 6.31. The molecule has 0 spiro atoms. The summed E-state index contributed by atoms with van der Waals surface area (Å²) >= 11 is 6.00. The SMILES string of the molecule is CNC(=O)C(NC(=O)Cc1ccccc1Cl)c1ccc(F)c(F)c1. The van der Waals surface area contributed by atoms with Crippen molar-refractivity contribution in [2.45, 2.75) is 12.5 Å². The zero-order chi connectivity index (χ0) is 17.7. The molecule has 2 aromatic rings. The molecule has 0 aromatic heterocycles. The number of halogens is 3. The largest absolute Gasteiger partial charge is 0.357 e. The minimum absolute atomic E-state index is 0.0448. The van der Waals surface area contributed by atoms with Gasteiger partial charge in [-0.15, -0.1) is 0 Å². The third-order valence-electron chi connectivity index (χ3n) is 3.40. The molecule has 24 heavy (non-hydrogen) atoms. The first kappa shape index (κ1) is 17.9. The second-order valence-electron chi connectivity index (χ2n) is 5.06. The molecule has 0 saturated carbocycles. The Morgan fingerprint density at radius 3 is 2.46 bits per heavy atom. The Hall–Kier alpha value is -2.47. The lowest BCUT2D eigenvalue weighted by Crippen LogP contribution is -2.39. The topological polar surface area (TPSA) is 58.2 Å². The number of hydrogen-bond donors (Lipinski definition) is 2. The highest BCUT2D eigenvalue weighted by Crippen LogP contribution is 2.19. The Morgan fingerprint density at radius 1 is 1.12 bits per heavy atom. The molecule has 0 aliphatic heterocycles. The summed E-state index contributed by atoms with van der Waals surface area (Å²) in [6.07, 6.45) is -0.0448. The van der Waals surface area contributed by atoms with Crippen LogP contribution in [0.2, 0.25) is 5.02 Å². The van der Waals surface area contributed by atoms with Crippen molar-refractivity contribution in [2.24, 2.45) is 0 Å². The van der Waals surface area contributed by atoms with E-state index in [1.165, 1.54) is 13.1 Å². The summed E-state index contributed by atoms with van der Waals surface area (Å²) in [6.45, 7) is 0. The van der Waals surface area contributed by atoms with Crippen LogP contribution in [0.5, 0.6) is 0 Å². The molecule has 0 fully saturated rings. The Kier molecular flexibility index (Phi) is 5.87. The zero-order valence-corrected chi connectivity index (χ0v) is 13.5. The van der Waals surface area contributed by atoms with Gasteiger partial charge in [0.2, 0.25) is 11.8 Å². The van der Waals surface area contributed by atoms with Gasteiger partial charge in [0.1, 0.15) is 6.04 Å². The third-order valence-corrected chi connectivity index (χ3v) is 3.77. The van der Waals surface area contributed by atoms with Gasteiger partial charge in [0.05, 0.1) is 6.42 Å². The fourth-order valence-electron chi connectivity index (χ4n) is 2.16. The first-order valence-electron chi connectivity index (χ1n) is 7.11. The predicted octanol–water partition coefficient (Wildman–Crippen LogP) is 2.76. The van der Waals surface area contributed by atoms with Crippen molar-refractivity contribution in [1.29, 1.82) is 0 Å². The van der Waals surface area contributed by atoms with Gasteiger partial charge in [0, 0.05) is 12.1 Å². The second kappa shape index (κ2) is 7.88. The molecular formula is C17H15ClF2N2O2. The molecule has 2 rings (SSSR count). The van der Waals surface area contributed by atoms with Crippen molar-refractivity contribution in [1.82, 2.24) is 10.6 Å². The van der Waals surface area contributed by atoms with Gasteiger partial charge in [-0.05, 0) is 29.3 Å². The summed E-state index contributed by atoms with van der Waals surface area (Å²) in [5.74, 6) is -3.14. The lowest BCUT2D eigenvalue weighted by atomic mass is 10.0. The zero-order valence-electron chi connectivity index (χ0n) is 12.8. The maximum absolute atomic E-state index is 13.4. The van der Waals surface area contributed by atoms with E-state index in [0.29, 0.717) is 10.6 Å². The third kappa shape index (κ3) is 4.29. The lowest BCUT2D eigenvalue weighted by Gasteiger charge is -2.18. The molecule has 4 nitrogen and oxygen atoms in total. The monoisotopic (exact) mass is 352 g/mol. The molecule has 0 aliphatic carbocycles. The molecule has 1 atom stereocenters. The predicted molar refractivity (Wildman–Crippen MR) is 86.5 cm³/mol. The highest BCUT2D eigenvalue weighted by atomic mass is 35.5. The summed E-state index contributed by atoms with van der Waals surface area (Å²) in [4.78, 5) is 24.2. The second-order valence-corrected chi connectivity index (χ2v) is 5.46. The van der Waals surface area contributed by atoms with Gasteiger partial charge in [-0.2, -0.15) is 0 Å². The number of carbonyl (C=O) groups is 2. The van der Waals surface area contributed by atoms with E-state index in [4.69, 9.17) is 11.6 Å². The van der Waals surface area contributed by atoms with Crippen LogP contribution in [0.4, 0.5) is 8.78 Å². The number of carbonyl (C=O) groups excluding carboxylic acids is 2. The van der Waals surface area contributed by atoms with E-state index in [9.17, 15) is 18.4 Å². The van der Waals surface area contributed by atoms with Crippen molar-refractivity contribution >= 4 is 23.4 Å². The fraction of sp³-hybridized carbons (Fsp3) is 0.176. The Labute approximate surface area is 142 Å². The van der Waals surface area contributed by atoms with Crippen LogP contribution in [-0.4, -0.2) is 18.9 Å². The van der Waals surface area contributed by atoms with Crippen molar-refractivity contribution in [3.63, 3.8) is 0 Å². The van der Waals surface area contributed by atoms with E-state index in [0.717, 1.165) is 12.1 Å². The van der Waals surface area contributed by atoms with Gasteiger partial charge in [0.25, 0.3) is 0 Å². The fourth-order valence-corrected chi connectivity index (χ4v) is 2.37. The van der Waals surface area contributed by atoms with Crippen LogP contribution in [0, 0.1) is 11.6 Å². The molecule has 0 heterocycles. The summed E-state index contributed by atoms with van der Waals surface area (Å²) in [7, 11) is 1.38. The Balaban J connectivity index is 2.20. The van der Waals surface area contributed by atoms with Crippen molar-refractivity contribution in [3.05, 3.63) is 70.2 Å². The van der Waals surface area contributed by atoms with Crippen LogP contribution in [0.1, 0.15) is 17.2 Å². The van der Waals surface area contributed by atoms with E-state index in [-0.39, 0.29) is 12.0 Å². The molecule has 0 bridgehead atoms. The number of rotatable bonds is 5. The standard InChI is InChI=1S/C17H15ClF2N2O2/c1-21-17(24)16(11-6-7-13(19)14(20)8-11)22-15(23)9-10-4-2-3-5-12(10)18/h2-8,16H,9H2,1H3,(H,21,24)(H,22,23). The van der Waals surface area contributed by atoms with Crippen molar-refractivity contribution < 1.29 is 18.4 Å². The molecule has 1 unspecified atom stereocenters. The summed E-state index contributed by atoms with van der Waals surface area (Å²) in [6, 6.07) is 8.70. The van der Waals surface area contributed by atoms with E-state index in [1.54, 1.807) is 24.3 Å². The van der Waals surface area contributed by atoms with Crippen LogP contribution in [0.3, 0.4) is 0 Å². The number of nitrogens with one attached hydrogen (secondary N) is 2. The molecule has 2 N–H and O–H groups in total. The van der Waals surface area contributed by atoms with Crippen LogP contribution < -0.4 is 10.6 Å². The average molecular weight is 353 g/mol. The minimum Gasteiger partial charge on any atom is -0.357 e. The first-order valence-corrected chi connectivity index (χ1v) is 7.49. The van der Waals surface area contributed by atoms with Gasteiger partial charge in [-0.1, -0.05) is 35.9 Å². The van der Waals surface area contributed by atoms with Gasteiger partial charge in [0.15, 0.2) is 11.6 Å². The highest BCUT2D eigenvalue weighted by Gasteiger charge is 2.23. The quantitative estimate of drug-likeness (QED) is 0.869. The maximum Gasteiger partial charge on any atom is 0.246 e. The molecule has 2 aromatic carbocycles. The van der Waals surface area contributed by atoms with Gasteiger partial charge < -0.3 is 10.6 Å². The molecule has 0 saturated heterocycles. The van der Waals surface area contributed by atoms with Crippen LogP contribution in [0.25, 0.3) is 0 Å². The maximum atomic E-state index is 13.4. The van der Waals surface area contributed by atoms with Crippen LogP contribution in [0.15, 0.2) is 42.5 Å². The molecule has 0 radical (unpaired) electrons. The van der Waals surface area contributed by atoms with E-state index < -0.39 is 29.5 Å². The summed E-state index contributed by atoms with van der Waals surface area (Å²) in [5.41, 5.74) is 0.735.